The van der Waals surface area contributed by atoms with Crippen LogP contribution >= 0.6 is 0 Å². The molecule has 3 aliphatic carbocycles. The minimum Gasteiger partial charge on any atom is -0.255 e. The average Bonchev–Trinajstić information content (AvgIpc) is 3.03. The van der Waals surface area contributed by atoms with Crippen molar-refractivity contribution in [3.63, 3.8) is 0 Å². The van der Waals surface area contributed by atoms with Crippen molar-refractivity contribution in [3.8, 4) is 22.8 Å². The monoisotopic (exact) mass is 510 g/mol. The molecule has 3 heterocycles. The third-order valence-electron chi connectivity index (χ3n) is 8.59. The third kappa shape index (κ3) is 2.96. The van der Waals surface area contributed by atoms with Gasteiger partial charge in [-0.25, -0.2) is 0 Å². The van der Waals surface area contributed by atoms with Crippen LogP contribution in [0, 0.1) is 0 Å². The maximum atomic E-state index is 4.88. The fraction of sp³-hybridized carbons (Fsp3) is 0.0556. The van der Waals surface area contributed by atoms with Gasteiger partial charge < -0.3 is 0 Å². The molecule has 0 unspecified atom stereocenters. The first-order valence-corrected chi connectivity index (χ1v) is 13.6. The van der Waals surface area contributed by atoms with E-state index in [0.717, 1.165) is 22.8 Å². The maximum absolute atomic E-state index is 4.88. The van der Waals surface area contributed by atoms with Crippen molar-refractivity contribution >= 4 is 21.5 Å². The normalized spacial score (nSPS) is 16.5. The summed E-state index contributed by atoms with van der Waals surface area (Å²) in [4.78, 5) is 9.47. The number of aromatic nitrogens is 4. The quantitative estimate of drug-likeness (QED) is 0.237. The smallest absolute Gasteiger partial charge is 0.116 e. The van der Waals surface area contributed by atoms with Gasteiger partial charge in [0.05, 0.1) is 11.4 Å². The molecule has 7 aromatic rings. The number of benzene rings is 4. The molecular formula is C36H22N4. The summed E-state index contributed by atoms with van der Waals surface area (Å²) < 4.78 is 0. The van der Waals surface area contributed by atoms with E-state index in [4.69, 9.17) is 20.2 Å². The summed E-state index contributed by atoms with van der Waals surface area (Å²) >= 11 is 0. The fourth-order valence-corrected chi connectivity index (χ4v) is 6.94. The van der Waals surface area contributed by atoms with Gasteiger partial charge in [0.25, 0.3) is 0 Å². The molecule has 2 bridgehead atoms. The number of fused-ring (bicyclic) bond motifs is 2. The van der Waals surface area contributed by atoms with Crippen LogP contribution in [0.25, 0.3) is 44.3 Å². The maximum Gasteiger partial charge on any atom is 0.116 e. The summed E-state index contributed by atoms with van der Waals surface area (Å²) in [5, 5.41) is 14.8. The first-order valence-electron chi connectivity index (χ1n) is 13.6. The molecule has 3 aromatic heterocycles. The molecule has 0 saturated carbocycles. The van der Waals surface area contributed by atoms with Crippen molar-refractivity contribution in [3.05, 3.63) is 155 Å². The van der Waals surface area contributed by atoms with Crippen molar-refractivity contribution in [2.45, 2.75) is 11.8 Å². The second-order valence-corrected chi connectivity index (χ2v) is 10.7. The molecule has 0 aliphatic heterocycles. The highest BCUT2D eigenvalue weighted by atomic mass is 15.1. The Balaban J connectivity index is 1.45. The Morgan fingerprint density at radius 1 is 0.400 bits per heavy atom. The van der Waals surface area contributed by atoms with Crippen LogP contribution in [-0.2, 0) is 0 Å². The Kier molecular flexibility index (Phi) is 4.41. The van der Waals surface area contributed by atoms with Crippen LogP contribution in [-0.4, -0.2) is 20.2 Å². The Morgan fingerprint density at radius 3 is 1.07 bits per heavy atom. The van der Waals surface area contributed by atoms with Crippen molar-refractivity contribution in [1.29, 1.82) is 0 Å². The summed E-state index contributed by atoms with van der Waals surface area (Å²) in [7, 11) is 0. The molecule has 0 fully saturated rings. The Labute approximate surface area is 231 Å². The Morgan fingerprint density at radius 2 is 0.750 bits per heavy atom. The molecular weight excluding hydrogens is 488 g/mol. The lowest BCUT2D eigenvalue weighted by atomic mass is 9.59. The first kappa shape index (κ1) is 21.7. The van der Waals surface area contributed by atoms with E-state index >= 15 is 0 Å². The summed E-state index contributed by atoms with van der Waals surface area (Å²) in [5.74, 6) is 0.0170. The number of hydrogen-bond acceptors (Lipinski definition) is 4. The van der Waals surface area contributed by atoms with E-state index in [-0.39, 0.29) is 11.8 Å². The third-order valence-corrected chi connectivity index (χ3v) is 8.59. The molecule has 0 radical (unpaired) electrons. The zero-order chi connectivity index (χ0) is 26.2. The van der Waals surface area contributed by atoms with Gasteiger partial charge in [-0.2, -0.15) is 0 Å². The van der Waals surface area contributed by atoms with E-state index in [0.29, 0.717) is 0 Å². The van der Waals surface area contributed by atoms with Crippen molar-refractivity contribution in [2.24, 2.45) is 0 Å². The molecule has 40 heavy (non-hydrogen) atoms. The van der Waals surface area contributed by atoms with Gasteiger partial charge in [-0.15, -0.1) is 10.2 Å². The van der Waals surface area contributed by atoms with Crippen molar-refractivity contribution in [1.82, 2.24) is 20.2 Å². The lowest BCUT2D eigenvalue weighted by Crippen LogP contribution is -2.30. The predicted molar refractivity (Wildman–Crippen MR) is 158 cm³/mol. The van der Waals surface area contributed by atoms with Crippen molar-refractivity contribution in [2.75, 3.05) is 0 Å². The van der Waals surface area contributed by atoms with Gasteiger partial charge in [0, 0.05) is 35.4 Å². The van der Waals surface area contributed by atoms with Gasteiger partial charge in [-0.05, 0) is 92.3 Å². The van der Waals surface area contributed by atoms with Gasteiger partial charge in [0.1, 0.15) is 11.4 Å². The van der Waals surface area contributed by atoms with E-state index in [1.807, 2.05) is 48.8 Å². The topological polar surface area (TPSA) is 51.6 Å². The number of nitrogens with zero attached hydrogens (tertiary/aromatic N) is 4. The zero-order valence-corrected chi connectivity index (χ0v) is 21.5. The summed E-state index contributed by atoms with van der Waals surface area (Å²) in [6, 6.07) is 38.9. The minimum atomic E-state index is 0.00850. The van der Waals surface area contributed by atoms with E-state index in [9.17, 15) is 0 Å². The largest absolute Gasteiger partial charge is 0.255 e. The fourth-order valence-electron chi connectivity index (χ4n) is 6.94. The summed E-state index contributed by atoms with van der Waals surface area (Å²) in [6.45, 7) is 0. The zero-order valence-electron chi connectivity index (χ0n) is 21.5. The van der Waals surface area contributed by atoms with Crippen LogP contribution in [0.2, 0.25) is 0 Å². The average molecular weight is 511 g/mol. The highest BCUT2D eigenvalue weighted by Crippen LogP contribution is 2.59. The SMILES string of the molecule is c1ccc(-c2nnc(-c3ccccn3)c3c2C2c4cc5ccccc5cc4C3c3cc4ccccc4cc32)nc1. The van der Waals surface area contributed by atoms with Gasteiger partial charge in [-0.1, -0.05) is 60.7 Å². The van der Waals surface area contributed by atoms with Crippen LogP contribution in [0.1, 0.15) is 45.2 Å². The van der Waals surface area contributed by atoms with Crippen LogP contribution in [0.4, 0.5) is 0 Å². The second-order valence-electron chi connectivity index (χ2n) is 10.7. The van der Waals surface area contributed by atoms with E-state index < -0.39 is 0 Å². The van der Waals surface area contributed by atoms with Crippen LogP contribution in [0.5, 0.6) is 0 Å². The minimum absolute atomic E-state index is 0.00850. The van der Waals surface area contributed by atoms with Gasteiger partial charge in [-0.3, -0.25) is 9.97 Å². The van der Waals surface area contributed by atoms with E-state index in [1.54, 1.807) is 0 Å². The second kappa shape index (κ2) is 8.14. The summed E-state index contributed by atoms with van der Waals surface area (Å²) in [6.07, 6.45) is 3.67. The molecule has 4 nitrogen and oxygen atoms in total. The van der Waals surface area contributed by atoms with Gasteiger partial charge in [0.15, 0.2) is 0 Å². The van der Waals surface area contributed by atoms with Crippen LogP contribution in [0.3, 0.4) is 0 Å². The summed E-state index contributed by atoms with van der Waals surface area (Å²) in [5.41, 5.74) is 11.2. The number of pyridine rings is 2. The first-order chi connectivity index (χ1) is 19.8. The molecule has 186 valence electrons. The lowest BCUT2D eigenvalue weighted by molar-refractivity contribution is 0.742. The van der Waals surface area contributed by atoms with Crippen LogP contribution < -0.4 is 0 Å². The Bertz CT molecular complexity index is 1880. The molecule has 4 heteroatoms. The molecule has 4 aromatic carbocycles. The molecule has 0 amide bonds. The molecule has 0 saturated heterocycles. The van der Waals surface area contributed by atoms with E-state index in [1.165, 1.54) is 54.9 Å². The van der Waals surface area contributed by atoms with Crippen molar-refractivity contribution < 1.29 is 0 Å². The van der Waals surface area contributed by atoms with E-state index in [2.05, 4.69) is 72.8 Å². The van der Waals surface area contributed by atoms with Crippen LogP contribution in [0.15, 0.2) is 122 Å². The lowest BCUT2D eigenvalue weighted by Gasteiger charge is -2.43. The number of rotatable bonds is 2. The molecule has 0 N–H and O–H groups in total. The van der Waals surface area contributed by atoms with Gasteiger partial charge in [0.2, 0.25) is 0 Å². The highest BCUT2D eigenvalue weighted by molar-refractivity contribution is 5.92. The molecule has 0 atom stereocenters. The van der Waals surface area contributed by atoms with Gasteiger partial charge >= 0.3 is 0 Å². The Hall–Kier alpha value is -5.22. The number of hydrogen-bond donors (Lipinski definition) is 0. The molecule has 0 spiro atoms. The highest BCUT2D eigenvalue weighted by Gasteiger charge is 2.45. The molecule has 10 rings (SSSR count). The predicted octanol–water partition coefficient (Wildman–Crippen LogP) is 7.89. The standard InChI is InChI=1S/C36H22N4/c1-2-10-22-18-26-25(17-21(22)9-1)31-27-19-23-11-3-4-12-24(23)20-28(27)32(26)34-33(31)35(29-13-5-7-15-37-29)39-40-36(34)30-14-6-8-16-38-30/h1-20,31-32H. The molecule has 3 aliphatic rings.